The van der Waals surface area contributed by atoms with Gasteiger partial charge in [0.25, 0.3) is 5.56 Å². The predicted octanol–water partition coefficient (Wildman–Crippen LogP) is 4.87. The molecule has 45 heavy (non-hydrogen) atoms. The van der Waals surface area contributed by atoms with Crippen LogP contribution < -0.4 is 24.4 Å². The molecule has 0 spiro atoms. The van der Waals surface area contributed by atoms with Crippen molar-refractivity contribution < 1.29 is 28.5 Å². The SMILES string of the molecule is CCOC(=O)C1=C(C)N=c2s/c(=C\c3cccc(OC)c3OCc3ccc(C(=O)OCC)cc3)c(=O)n2[C@H]1c1ccc(C)cc1. The lowest BCUT2D eigenvalue weighted by Crippen LogP contribution is -2.39. The molecule has 0 saturated heterocycles. The number of nitrogens with zero attached hydrogens (tertiary/aromatic N) is 2. The maximum atomic E-state index is 14.1. The van der Waals surface area contributed by atoms with Crippen LogP contribution in [0.15, 0.2) is 87.8 Å². The third-order valence-electron chi connectivity index (χ3n) is 7.27. The molecule has 0 N–H and O–H groups in total. The fraction of sp³-hybridized carbons (Fsp3) is 0.257. The lowest BCUT2D eigenvalue weighted by Gasteiger charge is -2.24. The van der Waals surface area contributed by atoms with Gasteiger partial charge in [-0.15, -0.1) is 0 Å². The van der Waals surface area contributed by atoms with Crippen LogP contribution in [0.25, 0.3) is 6.08 Å². The summed E-state index contributed by atoms with van der Waals surface area (Å²) in [5, 5.41) is 0. The highest BCUT2D eigenvalue weighted by Gasteiger charge is 2.33. The van der Waals surface area contributed by atoms with E-state index in [1.54, 1.807) is 68.9 Å². The second-order valence-electron chi connectivity index (χ2n) is 10.3. The smallest absolute Gasteiger partial charge is 0.338 e. The maximum Gasteiger partial charge on any atom is 0.338 e. The number of hydrogen-bond acceptors (Lipinski definition) is 9. The first-order valence-electron chi connectivity index (χ1n) is 14.6. The van der Waals surface area contributed by atoms with E-state index in [1.165, 1.54) is 11.3 Å². The molecule has 0 fully saturated rings. The summed E-state index contributed by atoms with van der Waals surface area (Å²) in [4.78, 5) is 44.4. The van der Waals surface area contributed by atoms with Gasteiger partial charge in [-0.25, -0.2) is 14.6 Å². The summed E-state index contributed by atoms with van der Waals surface area (Å²) in [6, 6.07) is 19.5. The molecule has 0 amide bonds. The molecule has 1 aliphatic heterocycles. The monoisotopic (exact) mass is 626 g/mol. The van der Waals surface area contributed by atoms with Crippen molar-refractivity contribution >= 4 is 29.4 Å². The van der Waals surface area contributed by atoms with Crippen molar-refractivity contribution in [2.45, 2.75) is 40.3 Å². The van der Waals surface area contributed by atoms with Crippen molar-refractivity contribution in [1.82, 2.24) is 4.57 Å². The average Bonchev–Trinajstić information content (AvgIpc) is 3.34. The van der Waals surface area contributed by atoms with E-state index in [0.717, 1.165) is 16.7 Å². The molecule has 0 unspecified atom stereocenters. The third kappa shape index (κ3) is 6.61. The average molecular weight is 627 g/mol. The van der Waals surface area contributed by atoms with Crippen LogP contribution >= 0.6 is 11.3 Å². The second-order valence-corrected chi connectivity index (χ2v) is 11.3. The summed E-state index contributed by atoms with van der Waals surface area (Å²) in [7, 11) is 1.55. The molecule has 0 radical (unpaired) electrons. The molecule has 10 heteroatoms. The van der Waals surface area contributed by atoms with E-state index in [0.29, 0.717) is 49.8 Å². The molecular weight excluding hydrogens is 592 g/mol. The minimum absolute atomic E-state index is 0.196. The number of ether oxygens (including phenoxy) is 4. The van der Waals surface area contributed by atoms with E-state index in [9.17, 15) is 14.4 Å². The first-order chi connectivity index (χ1) is 21.7. The molecule has 1 aromatic heterocycles. The van der Waals surface area contributed by atoms with Gasteiger partial charge < -0.3 is 18.9 Å². The summed E-state index contributed by atoms with van der Waals surface area (Å²) in [5.41, 5.74) is 4.32. The number of carbonyl (C=O) groups excluding carboxylic acids is 2. The van der Waals surface area contributed by atoms with Crippen LogP contribution in [-0.2, 0) is 20.9 Å². The van der Waals surface area contributed by atoms with Gasteiger partial charge >= 0.3 is 11.9 Å². The van der Waals surface area contributed by atoms with Crippen LogP contribution in [0.2, 0.25) is 0 Å². The lowest BCUT2D eigenvalue weighted by molar-refractivity contribution is -0.139. The number of aromatic nitrogens is 1. The number of thiazole rings is 1. The van der Waals surface area contributed by atoms with Crippen LogP contribution in [0.1, 0.15) is 59.4 Å². The first-order valence-corrected chi connectivity index (χ1v) is 15.4. The molecule has 9 nitrogen and oxygen atoms in total. The fourth-order valence-corrected chi connectivity index (χ4v) is 6.10. The highest BCUT2D eigenvalue weighted by Crippen LogP contribution is 2.33. The fourth-order valence-electron chi connectivity index (χ4n) is 5.07. The molecule has 5 rings (SSSR count). The Bertz CT molecular complexity index is 1940. The van der Waals surface area contributed by atoms with Crippen molar-refractivity contribution in [3.05, 3.63) is 126 Å². The highest BCUT2D eigenvalue weighted by molar-refractivity contribution is 7.07. The zero-order valence-electron chi connectivity index (χ0n) is 25.8. The number of allylic oxidation sites excluding steroid dienone is 1. The molecular formula is C35H34N2O7S. The number of benzene rings is 3. The van der Waals surface area contributed by atoms with Crippen LogP contribution in [0.5, 0.6) is 11.5 Å². The van der Waals surface area contributed by atoms with Gasteiger partial charge in [0, 0.05) is 5.56 Å². The Hall–Kier alpha value is -4.96. The van der Waals surface area contributed by atoms with E-state index in [4.69, 9.17) is 18.9 Å². The zero-order chi connectivity index (χ0) is 32.1. The number of esters is 2. The molecule has 0 saturated carbocycles. The Morgan fingerprint density at radius 1 is 0.933 bits per heavy atom. The van der Waals surface area contributed by atoms with E-state index in [1.807, 2.05) is 43.3 Å². The third-order valence-corrected chi connectivity index (χ3v) is 8.26. The number of fused-ring (bicyclic) bond motifs is 1. The van der Waals surface area contributed by atoms with Crippen LogP contribution in [0.4, 0.5) is 0 Å². The Morgan fingerprint density at radius 2 is 1.62 bits per heavy atom. The molecule has 232 valence electrons. The minimum Gasteiger partial charge on any atom is -0.493 e. The van der Waals surface area contributed by atoms with Crippen molar-refractivity contribution in [3.63, 3.8) is 0 Å². The topological polar surface area (TPSA) is 105 Å². The van der Waals surface area contributed by atoms with Crippen molar-refractivity contribution in [2.24, 2.45) is 4.99 Å². The number of carbonyl (C=O) groups is 2. The molecule has 1 atom stereocenters. The molecule has 0 bridgehead atoms. The van der Waals surface area contributed by atoms with E-state index in [2.05, 4.69) is 4.99 Å². The lowest BCUT2D eigenvalue weighted by atomic mass is 9.95. The van der Waals surface area contributed by atoms with Gasteiger partial charge in [0.2, 0.25) is 0 Å². The summed E-state index contributed by atoms with van der Waals surface area (Å²) in [6.07, 6.45) is 1.75. The van der Waals surface area contributed by atoms with Gasteiger partial charge in [0.1, 0.15) is 6.61 Å². The van der Waals surface area contributed by atoms with E-state index in [-0.39, 0.29) is 24.7 Å². The van der Waals surface area contributed by atoms with Gasteiger partial charge in [-0.1, -0.05) is 65.4 Å². The molecule has 0 aliphatic carbocycles. The number of aryl methyl sites for hydroxylation is 1. The first kappa shape index (κ1) is 31.5. The summed E-state index contributed by atoms with van der Waals surface area (Å²) >= 11 is 1.24. The van der Waals surface area contributed by atoms with Gasteiger partial charge in [-0.2, -0.15) is 0 Å². The van der Waals surface area contributed by atoms with Crippen molar-refractivity contribution in [2.75, 3.05) is 20.3 Å². The van der Waals surface area contributed by atoms with E-state index < -0.39 is 12.0 Å². The Balaban J connectivity index is 1.55. The number of rotatable bonds is 10. The normalized spacial score (nSPS) is 14.4. The Morgan fingerprint density at radius 3 is 2.29 bits per heavy atom. The summed E-state index contributed by atoms with van der Waals surface area (Å²) in [5.74, 6) is 0.0708. The van der Waals surface area contributed by atoms with Crippen LogP contribution in [0, 0.1) is 6.92 Å². The van der Waals surface area contributed by atoms with Gasteiger partial charge in [-0.05, 0) is 63.1 Å². The van der Waals surface area contributed by atoms with Crippen molar-refractivity contribution in [3.8, 4) is 11.5 Å². The summed E-state index contributed by atoms with van der Waals surface area (Å²) < 4.78 is 24.3. The summed E-state index contributed by atoms with van der Waals surface area (Å²) in [6.45, 7) is 7.95. The number of para-hydroxylation sites is 1. The Labute approximate surface area is 264 Å². The van der Waals surface area contributed by atoms with Crippen LogP contribution in [-0.4, -0.2) is 36.8 Å². The largest absolute Gasteiger partial charge is 0.493 e. The standard InChI is InChI=1S/C35H34N2O7S/c1-6-42-33(39)25-17-13-23(14-18-25)20-44-31-26(9-8-10-27(31)41-5)19-28-32(38)37-30(24-15-11-21(3)12-16-24)29(34(40)43-7-2)22(4)36-35(37)45-28/h8-19,30H,6-7,20H2,1-5H3/b28-19-/t30-/m0/s1. The maximum absolute atomic E-state index is 14.1. The van der Waals surface area contributed by atoms with Crippen LogP contribution in [0.3, 0.4) is 0 Å². The van der Waals surface area contributed by atoms with Gasteiger partial charge in [-0.3, -0.25) is 9.36 Å². The predicted molar refractivity (Wildman–Crippen MR) is 171 cm³/mol. The van der Waals surface area contributed by atoms with Gasteiger partial charge in [0.05, 0.1) is 47.7 Å². The zero-order valence-corrected chi connectivity index (χ0v) is 26.6. The molecule has 4 aromatic rings. The quantitative estimate of drug-likeness (QED) is 0.231. The van der Waals surface area contributed by atoms with Crippen molar-refractivity contribution in [1.29, 1.82) is 0 Å². The molecule has 2 heterocycles. The molecule has 3 aromatic carbocycles. The Kier molecular flexibility index (Phi) is 9.63. The minimum atomic E-state index is -0.693. The van der Waals surface area contributed by atoms with E-state index >= 15 is 0 Å². The van der Waals surface area contributed by atoms with Gasteiger partial charge in [0.15, 0.2) is 16.3 Å². The number of methoxy groups -OCH3 is 1. The highest BCUT2D eigenvalue weighted by atomic mass is 32.1. The molecule has 1 aliphatic rings. The number of hydrogen-bond donors (Lipinski definition) is 0. The second kappa shape index (κ2) is 13.8.